The van der Waals surface area contributed by atoms with Gasteiger partial charge in [-0.25, -0.2) is 0 Å². The van der Waals surface area contributed by atoms with Gasteiger partial charge >= 0.3 is 0 Å². The predicted octanol–water partition coefficient (Wildman–Crippen LogP) is 5.20. The van der Waals surface area contributed by atoms with E-state index in [2.05, 4.69) is 52.6 Å². The predicted molar refractivity (Wildman–Crippen MR) is 87.9 cm³/mol. The van der Waals surface area contributed by atoms with Crippen LogP contribution in [0.3, 0.4) is 0 Å². The number of hydrogen-bond acceptors (Lipinski definition) is 2. The molecule has 0 spiro atoms. The fraction of sp³-hybridized carbons (Fsp3) is 0.706. The molecule has 0 aromatic heterocycles. The van der Waals surface area contributed by atoms with Crippen molar-refractivity contribution in [2.75, 3.05) is 0 Å². The summed E-state index contributed by atoms with van der Waals surface area (Å²) in [5.41, 5.74) is 2.22. The molecule has 112 valence electrons. The van der Waals surface area contributed by atoms with Crippen LogP contribution in [0.4, 0.5) is 0 Å². The molecule has 0 saturated heterocycles. The van der Waals surface area contributed by atoms with Crippen LogP contribution in [-0.4, -0.2) is 13.9 Å². The topological polar surface area (TPSA) is 33.0 Å². The van der Waals surface area contributed by atoms with Gasteiger partial charge in [-0.05, 0) is 69.8 Å². The lowest BCUT2D eigenvalue weighted by Gasteiger charge is -2.34. The van der Waals surface area contributed by atoms with E-state index in [0.717, 1.165) is 0 Å². The highest BCUT2D eigenvalue weighted by Crippen LogP contribution is 2.41. The smallest absolute Gasteiger partial charge is 0.186 e. The van der Waals surface area contributed by atoms with Crippen LogP contribution in [0.15, 0.2) is 23.3 Å². The van der Waals surface area contributed by atoms with Gasteiger partial charge in [0.15, 0.2) is 13.9 Å². The summed E-state index contributed by atoms with van der Waals surface area (Å²) in [6, 6.07) is 2.32. The van der Waals surface area contributed by atoms with Crippen molar-refractivity contribution in [2.45, 2.75) is 72.2 Å². The van der Waals surface area contributed by atoms with Crippen LogP contribution >= 0.6 is 0 Å². The monoisotopic (exact) mass is 291 g/mol. The normalized spacial score (nSPS) is 22.7. The Morgan fingerprint density at radius 3 is 2.40 bits per heavy atom. The summed E-state index contributed by atoms with van der Waals surface area (Å²) >= 11 is 0. The summed E-state index contributed by atoms with van der Waals surface area (Å²) in [6.07, 6.45) is 7.73. The third-order valence-corrected chi connectivity index (χ3v) is 4.89. The number of allylic oxidation sites excluding steroid dienone is 3. The molecule has 2 nitrogen and oxygen atoms in total. The Morgan fingerprint density at radius 2 is 1.95 bits per heavy atom. The second-order valence-corrected chi connectivity index (χ2v) is 12.1. The zero-order valence-electron chi connectivity index (χ0n) is 14.1. The molecule has 0 heterocycles. The van der Waals surface area contributed by atoms with Gasteiger partial charge < -0.3 is 4.43 Å². The Labute approximate surface area is 125 Å². The van der Waals surface area contributed by atoms with E-state index in [1.165, 1.54) is 30.4 Å². The largest absolute Gasteiger partial charge is 0.397 e. The molecule has 1 aliphatic carbocycles. The Bertz CT molecular complexity index is 462. The SMILES string of the molecule is CC1=C(/C=C/C(C)(C#N)O[Si](C)(C)C)C(C)(C)CCC1. The van der Waals surface area contributed by atoms with Crippen LogP contribution in [0.5, 0.6) is 0 Å². The van der Waals surface area contributed by atoms with Gasteiger partial charge in [0.1, 0.15) is 6.07 Å². The van der Waals surface area contributed by atoms with E-state index in [4.69, 9.17) is 4.43 Å². The Balaban J connectivity index is 3.03. The van der Waals surface area contributed by atoms with Gasteiger partial charge in [-0.15, -0.1) is 0 Å². The summed E-state index contributed by atoms with van der Waals surface area (Å²) in [7, 11) is -1.74. The third-order valence-electron chi connectivity index (χ3n) is 3.85. The Morgan fingerprint density at radius 1 is 1.35 bits per heavy atom. The van der Waals surface area contributed by atoms with Crippen LogP contribution in [-0.2, 0) is 4.43 Å². The molecule has 0 bridgehead atoms. The molecule has 0 fully saturated rings. The van der Waals surface area contributed by atoms with Gasteiger partial charge in [-0.2, -0.15) is 5.26 Å². The molecular weight excluding hydrogens is 262 g/mol. The van der Waals surface area contributed by atoms with Crippen LogP contribution in [0.1, 0.15) is 47.0 Å². The summed E-state index contributed by atoms with van der Waals surface area (Å²) in [5, 5.41) is 9.45. The number of rotatable bonds is 4. The number of nitriles is 1. The fourth-order valence-corrected chi connectivity index (χ4v) is 4.37. The molecule has 0 radical (unpaired) electrons. The first-order valence-corrected chi connectivity index (χ1v) is 10.9. The zero-order chi connectivity index (χ0) is 15.6. The average Bonchev–Trinajstić information content (AvgIpc) is 2.25. The zero-order valence-corrected chi connectivity index (χ0v) is 15.1. The van der Waals surface area contributed by atoms with Crippen LogP contribution in [0.25, 0.3) is 0 Å². The van der Waals surface area contributed by atoms with E-state index in [9.17, 15) is 5.26 Å². The number of nitrogens with zero attached hydrogens (tertiary/aromatic N) is 1. The van der Waals surface area contributed by atoms with Gasteiger partial charge in [0.2, 0.25) is 0 Å². The van der Waals surface area contributed by atoms with Gasteiger partial charge in [0.05, 0.1) is 0 Å². The maximum atomic E-state index is 9.45. The second-order valence-electron chi connectivity index (χ2n) is 7.70. The minimum absolute atomic E-state index is 0.203. The number of hydrogen-bond donors (Lipinski definition) is 0. The van der Waals surface area contributed by atoms with Crippen molar-refractivity contribution in [3.8, 4) is 6.07 Å². The lowest BCUT2D eigenvalue weighted by Crippen LogP contribution is -2.38. The molecule has 0 amide bonds. The highest BCUT2D eigenvalue weighted by atomic mass is 28.4. The first kappa shape index (κ1) is 17.2. The van der Waals surface area contributed by atoms with Gasteiger partial charge in [-0.3, -0.25) is 0 Å². The third kappa shape index (κ3) is 4.61. The van der Waals surface area contributed by atoms with E-state index in [1.54, 1.807) is 0 Å². The van der Waals surface area contributed by atoms with Gasteiger partial charge in [0.25, 0.3) is 0 Å². The Kier molecular flexibility index (Phi) is 5.05. The van der Waals surface area contributed by atoms with E-state index in [0.29, 0.717) is 0 Å². The summed E-state index contributed by atoms with van der Waals surface area (Å²) in [4.78, 5) is 0. The van der Waals surface area contributed by atoms with Crippen molar-refractivity contribution in [1.29, 1.82) is 5.26 Å². The van der Waals surface area contributed by atoms with E-state index in [1.807, 2.05) is 13.0 Å². The first-order chi connectivity index (χ1) is 8.99. The lowest BCUT2D eigenvalue weighted by atomic mass is 9.72. The minimum Gasteiger partial charge on any atom is -0.397 e. The average molecular weight is 292 g/mol. The fourth-order valence-electron chi connectivity index (χ4n) is 2.98. The summed E-state index contributed by atoms with van der Waals surface area (Å²) in [6.45, 7) is 15.0. The highest BCUT2D eigenvalue weighted by molar-refractivity contribution is 6.69. The van der Waals surface area contributed by atoms with Crippen molar-refractivity contribution in [2.24, 2.45) is 5.41 Å². The standard InChI is InChI=1S/C17H29NOSi/c1-14-9-8-11-16(2,3)15(14)10-12-17(4,13-18)19-20(5,6)7/h10,12H,8-9,11H2,1-7H3/b12-10+. The lowest BCUT2D eigenvalue weighted by molar-refractivity contribution is 0.192. The molecule has 0 aromatic rings. The van der Waals surface area contributed by atoms with Gasteiger partial charge in [0, 0.05) is 0 Å². The molecule has 0 aromatic carbocycles. The van der Waals surface area contributed by atoms with E-state index < -0.39 is 13.9 Å². The summed E-state index contributed by atoms with van der Waals surface area (Å²) in [5.74, 6) is 0. The summed E-state index contributed by atoms with van der Waals surface area (Å²) < 4.78 is 6.04. The maximum Gasteiger partial charge on any atom is 0.186 e. The Hall–Kier alpha value is -0.853. The molecule has 1 unspecified atom stereocenters. The molecule has 0 aliphatic heterocycles. The molecule has 1 aliphatic rings. The van der Waals surface area contributed by atoms with Crippen LogP contribution < -0.4 is 0 Å². The molecule has 20 heavy (non-hydrogen) atoms. The van der Waals surface area contributed by atoms with Crippen molar-refractivity contribution in [3.05, 3.63) is 23.3 Å². The van der Waals surface area contributed by atoms with Gasteiger partial charge in [-0.1, -0.05) is 25.5 Å². The molecule has 1 atom stereocenters. The molecule has 1 rings (SSSR count). The molecular formula is C17H29NOSi. The second kappa shape index (κ2) is 5.87. The molecule has 0 N–H and O–H groups in total. The van der Waals surface area contributed by atoms with Crippen LogP contribution in [0, 0.1) is 16.7 Å². The molecule has 3 heteroatoms. The van der Waals surface area contributed by atoms with E-state index in [-0.39, 0.29) is 5.41 Å². The first-order valence-electron chi connectivity index (χ1n) is 7.50. The van der Waals surface area contributed by atoms with Crippen molar-refractivity contribution in [1.82, 2.24) is 0 Å². The highest BCUT2D eigenvalue weighted by Gasteiger charge is 2.31. The molecule has 0 saturated carbocycles. The van der Waals surface area contributed by atoms with E-state index >= 15 is 0 Å². The quantitative estimate of drug-likeness (QED) is 0.667. The maximum absolute atomic E-state index is 9.45. The van der Waals surface area contributed by atoms with Crippen molar-refractivity contribution < 1.29 is 4.43 Å². The minimum atomic E-state index is -1.74. The van der Waals surface area contributed by atoms with Crippen LogP contribution in [0.2, 0.25) is 19.6 Å². The van der Waals surface area contributed by atoms with Crippen molar-refractivity contribution >= 4 is 8.32 Å². The van der Waals surface area contributed by atoms with Crippen molar-refractivity contribution in [3.63, 3.8) is 0 Å².